The fraction of sp³-hybridized carbons (Fsp3) is 0.450. The van der Waals surface area contributed by atoms with Gasteiger partial charge in [-0.15, -0.1) is 0 Å². The monoisotopic (exact) mass is 404 g/mol. The predicted molar refractivity (Wildman–Crippen MR) is 113 cm³/mol. The van der Waals surface area contributed by atoms with Crippen LogP contribution >= 0.6 is 11.8 Å². The molecule has 2 aromatic rings. The van der Waals surface area contributed by atoms with Crippen molar-refractivity contribution in [3.8, 4) is 0 Å². The fourth-order valence-electron chi connectivity index (χ4n) is 2.38. The van der Waals surface area contributed by atoms with Gasteiger partial charge in [-0.3, -0.25) is 5.32 Å². The van der Waals surface area contributed by atoms with Crippen LogP contribution in [0.25, 0.3) is 0 Å². The summed E-state index contributed by atoms with van der Waals surface area (Å²) in [6.45, 7) is 9.30. The van der Waals surface area contributed by atoms with Crippen LogP contribution in [0.4, 0.5) is 22.0 Å². The minimum atomic E-state index is -0.693. The Bertz CT molecular complexity index is 821. The smallest absolute Gasteiger partial charge is 0.412 e. The molecule has 0 aliphatic heterocycles. The highest BCUT2D eigenvalue weighted by atomic mass is 32.2. The Morgan fingerprint density at radius 3 is 2.54 bits per heavy atom. The van der Waals surface area contributed by atoms with E-state index in [1.165, 1.54) is 11.8 Å². The van der Waals surface area contributed by atoms with E-state index in [0.717, 1.165) is 5.69 Å². The minimum absolute atomic E-state index is 0.0180. The van der Waals surface area contributed by atoms with Gasteiger partial charge in [0, 0.05) is 23.1 Å². The Labute approximate surface area is 170 Å². The predicted octanol–water partition coefficient (Wildman–Crippen LogP) is 4.98. The molecule has 8 heteroatoms. The van der Waals surface area contributed by atoms with Crippen molar-refractivity contribution < 1.29 is 14.6 Å². The summed E-state index contributed by atoms with van der Waals surface area (Å²) in [7, 11) is 0. The maximum absolute atomic E-state index is 12.0. The number of anilines is 3. The molecular weight excluding hydrogens is 376 g/mol. The van der Waals surface area contributed by atoms with E-state index in [1.54, 1.807) is 18.3 Å². The third-order valence-corrected chi connectivity index (χ3v) is 4.26. The number of nitrogens with one attached hydrogen (secondary N) is 2. The Kier molecular flexibility index (Phi) is 7.26. The first-order valence-corrected chi connectivity index (χ1v) is 10.3. The molecule has 0 spiro atoms. The number of carbonyl (C=O) groups excluding carboxylic acids is 1. The van der Waals surface area contributed by atoms with Gasteiger partial charge in [0.1, 0.15) is 11.4 Å². The Balaban J connectivity index is 2.25. The number of thioether (sulfide) groups is 1. The van der Waals surface area contributed by atoms with Crippen LogP contribution < -0.4 is 10.6 Å². The van der Waals surface area contributed by atoms with E-state index in [4.69, 9.17) is 4.74 Å². The number of ether oxygens (including phenoxy) is 1. The lowest BCUT2D eigenvalue weighted by molar-refractivity contribution is 0.0636. The quantitative estimate of drug-likeness (QED) is 0.461. The lowest BCUT2D eigenvalue weighted by atomic mass is 10.0. The van der Waals surface area contributed by atoms with E-state index in [0.29, 0.717) is 22.2 Å². The maximum Gasteiger partial charge on any atom is 0.412 e. The number of rotatable bonds is 6. The largest absolute Gasteiger partial charge is 0.444 e. The molecule has 0 fully saturated rings. The van der Waals surface area contributed by atoms with Crippen LogP contribution in [0.15, 0.2) is 35.6 Å². The summed E-state index contributed by atoms with van der Waals surface area (Å²) in [5, 5.41) is 17.0. The number of aliphatic hydroxyl groups is 1. The molecule has 1 heterocycles. The minimum Gasteiger partial charge on any atom is -0.444 e. The zero-order valence-corrected chi connectivity index (χ0v) is 17.9. The van der Waals surface area contributed by atoms with Gasteiger partial charge in [-0.05, 0) is 51.1 Å². The third-order valence-electron chi connectivity index (χ3n) is 3.70. The van der Waals surface area contributed by atoms with Crippen molar-refractivity contribution in [3.63, 3.8) is 0 Å². The normalized spacial score (nSPS) is 12.6. The highest BCUT2D eigenvalue weighted by Gasteiger charge is 2.19. The molecule has 1 amide bonds. The summed E-state index contributed by atoms with van der Waals surface area (Å²) in [6.07, 6.45) is 2.33. The van der Waals surface area contributed by atoms with Gasteiger partial charge in [0.15, 0.2) is 5.16 Å². The van der Waals surface area contributed by atoms with E-state index in [2.05, 4.69) is 20.6 Å². The molecule has 7 nitrogen and oxygen atoms in total. The van der Waals surface area contributed by atoms with Crippen molar-refractivity contribution in [1.82, 2.24) is 9.97 Å². The first-order valence-electron chi connectivity index (χ1n) is 9.05. The van der Waals surface area contributed by atoms with Crippen molar-refractivity contribution in [3.05, 3.63) is 36.0 Å². The number of hydrogen-bond acceptors (Lipinski definition) is 7. The van der Waals surface area contributed by atoms with E-state index in [1.807, 2.05) is 53.0 Å². The van der Waals surface area contributed by atoms with Crippen LogP contribution in [-0.2, 0) is 4.74 Å². The van der Waals surface area contributed by atoms with Crippen molar-refractivity contribution in [2.24, 2.45) is 5.92 Å². The molecule has 3 N–H and O–H groups in total. The molecule has 1 aromatic heterocycles. The van der Waals surface area contributed by atoms with E-state index in [9.17, 15) is 9.90 Å². The zero-order chi connectivity index (χ0) is 20.9. The first kappa shape index (κ1) is 22.0. The summed E-state index contributed by atoms with van der Waals surface area (Å²) in [5.41, 5.74) is 1.36. The average molecular weight is 405 g/mol. The van der Waals surface area contributed by atoms with Crippen LogP contribution in [0.2, 0.25) is 0 Å². The van der Waals surface area contributed by atoms with Crippen LogP contribution in [0.3, 0.4) is 0 Å². The summed E-state index contributed by atoms with van der Waals surface area (Å²) in [4.78, 5) is 20.8. The number of nitrogens with zero attached hydrogens (tertiary/aromatic N) is 2. The van der Waals surface area contributed by atoms with Crippen LogP contribution in [0.5, 0.6) is 0 Å². The standard InChI is InChI=1S/C20H28N4O3S/c1-12(2)16(25)15-11-21-18(28-6)24-17(15)22-13-8-7-9-14(10-13)23-19(26)27-20(3,4)5/h7-12,16,25H,1-6H3,(H,23,26)(H,21,22,24). The lowest BCUT2D eigenvalue weighted by Gasteiger charge is -2.20. The van der Waals surface area contributed by atoms with Crippen LogP contribution in [0, 0.1) is 5.92 Å². The maximum atomic E-state index is 12.0. The Morgan fingerprint density at radius 2 is 1.93 bits per heavy atom. The SMILES string of the molecule is CSc1ncc(C(O)C(C)C)c(Nc2cccc(NC(=O)OC(C)(C)C)c2)n1. The molecule has 0 radical (unpaired) electrons. The van der Waals surface area contributed by atoms with Gasteiger partial charge in [-0.25, -0.2) is 14.8 Å². The molecule has 1 unspecified atom stereocenters. The molecule has 1 atom stereocenters. The third kappa shape index (κ3) is 6.38. The molecule has 0 aliphatic rings. The number of aromatic nitrogens is 2. The molecule has 0 bridgehead atoms. The zero-order valence-electron chi connectivity index (χ0n) is 17.1. The van der Waals surface area contributed by atoms with Gasteiger partial charge in [-0.1, -0.05) is 31.7 Å². The number of amides is 1. The highest BCUT2D eigenvalue weighted by Crippen LogP contribution is 2.30. The summed E-state index contributed by atoms with van der Waals surface area (Å²) in [5.74, 6) is 0.555. The number of carbonyl (C=O) groups is 1. The summed E-state index contributed by atoms with van der Waals surface area (Å²) < 4.78 is 5.28. The molecule has 2 rings (SSSR count). The second-order valence-corrected chi connectivity index (χ2v) is 8.46. The topological polar surface area (TPSA) is 96.4 Å². The highest BCUT2D eigenvalue weighted by molar-refractivity contribution is 7.98. The van der Waals surface area contributed by atoms with Crippen molar-refractivity contribution in [2.45, 2.75) is 51.5 Å². The van der Waals surface area contributed by atoms with Crippen molar-refractivity contribution in [1.29, 1.82) is 0 Å². The Morgan fingerprint density at radius 1 is 1.25 bits per heavy atom. The number of aliphatic hydroxyl groups excluding tert-OH is 1. The molecule has 1 aromatic carbocycles. The molecule has 0 aliphatic carbocycles. The van der Waals surface area contributed by atoms with Crippen LogP contribution in [-0.4, -0.2) is 33.0 Å². The molecule has 28 heavy (non-hydrogen) atoms. The molecular formula is C20H28N4O3S. The number of benzene rings is 1. The fourth-order valence-corrected chi connectivity index (χ4v) is 2.72. The van der Waals surface area contributed by atoms with Gasteiger partial charge >= 0.3 is 6.09 Å². The average Bonchev–Trinajstić information content (AvgIpc) is 2.59. The van der Waals surface area contributed by atoms with E-state index in [-0.39, 0.29) is 5.92 Å². The van der Waals surface area contributed by atoms with E-state index >= 15 is 0 Å². The van der Waals surface area contributed by atoms with Gasteiger partial charge in [0.25, 0.3) is 0 Å². The van der Waals surface area contributed by atoms with Crippen molar-refractivity contribution >= 4 is 35.0 Å². The summed E-state index contributed by atoms with van der Waals surface area (Å²) in [6, 6.07) is 7.21. The van der Waals surface area contributed by atoms with Crippen LogP contribution in [0.1, 0.15) is 46.3 Å². The summed E-state index contributed by atoms with van der Waals surface area (Å²) >= 11 is 1.42. The first-order chi connectivity index (χ1) is 13.1. The molecule has 0 saturated heterocycles. The molecule has 0 saturated carbocycles. The van der Waals surface area contributed by atoms with Gasteiger partial charge in [0.2, 0.25) is 0 Å². The second kappa shape index (κ2) is 9.25. The number of hydrogen-bond donors (Lipinski definition) is 3. The van der Waals surface area contributed by atoms with E-state index < -0.39 is 17.8 Å². The van der Waals surface area contributed by atoms with Gasteiger partial charge < -0.3 is 15.2 Å². The molecule has 152 valence electrons. The second-order valence-electron chi connectivity index (χ2n) is 7.68. The van der Waals surface area contributed by atoms with Gasteiger partial charge in [-0.2, -0.15) is 0 Å². The van der Waals surface area contributed by atoms with Crippen molar-refractivity contribution in [2.75, 3.05) is 16.9 Å². The van der Waals surface area contributed by atoms with Gasteiger partial charge in [0.05, 0.1) is 6.10 Å². The lowest BCUT2D eigenvalue weighted by Crippen LogP contribution is -2.27. The Hall–Kier alpha value is -2.32.